The van der Waals surface area contributed by atoms with Crippen LogP contribution in [0.5, 0.6) is 5.75 Å². The molecule has 5 heteroatoms. The third-order valence-electron chi connectivity index (χ3n) is 3.42. The van der Waals surface area contributed by atoms with Crippen LogP contribution in [0.1, 0.15) is 28.9 Å². The maximum atomic E-state index is 12.2. The average Bonchev–Trinajstić information content (AvgIpc) is 2.89. The molecule has 0 fully saturated rings. The van der Waals surface area contributed by atoms with Gasteiger partial charge in [0.2, 0.25) is 0 Å². The van der Waals surface area contributed by atoms with E-state index in [-0.39, 0.29) is 18.0 Å². The number of para-hydroxylation sites is 1. The summed E-state index contributed by atoms with van der Waals surface area (Å²) in [7, 11) is 1.77. The smallest absolute Gasteiger partial charge is 0.341 e. The molecule has 1 aliphatic heterocycles. The second kappa shape index (κ2) is 5.00. The molecule has 1 aliphatic rings. The van der Waals surface area contributed by atoms with Crippen molar-refractivity contribution in [3.05, 3.63) is 47.8 Å². The van der Waals surface area contributed by atoms with Crippen molar-refractivity contribution in [2.75, 3.05) is 6.61 Å². The van der Waals surface area contributed by atoms with Gasteiger partial charge in [0, 0.05) is 24.7 Å². The summed E-state index contributed by atoms with van der Waals surface area (Å²) < 4.78 is 12.9. The van der Waals surface area contributed by atoms with Crippen LogP contribution in [0.25, 0.3) is 0 Å². The van der Waals surface area contributed by atoms with Gasteiger partial charge >= 0.3 is 5.97 Å². The number of carbonyl (C=O) groups excluding carboxylic acids is 1. The Balaban J connectivity index is 1.85. The normalized spacial score (nSPS) is 20.9. The third kappa shape index (κ3) is 2.27. The maximum Gasteiger partial charge on any atom is 0.341 e. The molecule has 2 atom stereocenters. The number of rotatable bonds is 2. The van der Waals surface area contributed by atoms with Gasteiger partial charge in [-0.1, -0.05) is 25.1 Å². The number of aryl methyl sites for hydroxylation is 1. The van der Waals surface area contributed by atoms with Crippen LogP contribution in [0.3, 0.4) is 0 Å². The van der Waals surface area contributed by atoms with E-state index < -0.39 is 0 Å². The summed E-state index contributed by atoms with van der Waals surface area (Å²) >= 11 is 0. The molecule has 3 rings (SSSR count). The van der Waals surface area contributed by atoms with Crippen LogP contribution in [0.15, 0.2) is 36.7 Å². The largest absolute Gasteiger partial charge is 0.493 e. The number of ether oxygens (including phenoxy) is 2. The topological polar surface area (TPSA) is 53.4 Å². The lowest BCUT2D eigenvalue weighted by molar-refractivity contribution is -0.000229. The Kier molecular flexibility index (Phi) is 3.18. The molecule has 1 aromatic carbocycles. The van der Waals surface area contributed by atoms with Gasteiger partial charge in [-0.2, -0.15) is 5.10 Å². The van der Waals surface area contributed by atoms with E-state index in [2.05, 4.69) is 5.10 Å². The second-order valence-corrected chi connectivity index (χ2v) is 5.05. The Hall–Kier alpha value is -2.30. The molecule has 0 saturated carbocycles. The van der Waals surface area contributed by atoms with Crippen molar-refractivity contribution in [3.8, 4) is 5.75 Å². The van der Waals surface area contributed by atoms with Crippen molar-refractivity contribution in [2.45, 2.75) is 13.0 Å². The minimum absolute atomic E-state index is 0.116. The quantitative estimate of drug-likeness (QED) is 0.787. The van der Waals surface area contributed by atoms with Gasteiger partial charge in [0.15, 0.2) is 0 Å². The number of benzene rings is 1. The Labute approximate surface area is 117 Å². The Morgan fingerprint density at radius 1 is 1.45 bits per heavy atom. The molecule has 2 heterocycles. The second-order valence-electron chi connectivity index (χ2n) is 5.05. The van der Waals surface area contributed by atoms with E-state index in [9.17, 15) is 4.79 Å². The molecule has 104 valence electrons. The van der Waals surface area contributed by atoms with Crippen molar-refractivity contribution < 1.29 is 14.3 Å². The molecular weight excluding hydrogens is 256 g/mol. The van der Waals surface area contributed by atoms with E-state index in [1.54, 1.807) is 17.9 Å². The predicted octanol–water partition coefficient (Wildman–Crippen LogP) is 2.35. The van der Waals surface area contributed by atoms with Crippen molar-refractivity contribution >= 4 is 5.97 Å². The first-order valence-electron chi connectivity index (χ1n) is 6.56. The van der Waals surface area contributed by atoms with Crippen molar-refractivity contribution in [1.82, 2.24) is 9.78 Å². The monoisotopic (exact) mass is 272 g/mol. The Bertz CT molecular complexity index is 636. The molecule has 1 aromatic heterocycles. The molecule has 0 aliphatic carbocycles. The summed E-state index contributed by atoms with van der Waals surface area (Å²) in [5.74, 6) is 0.548. The van der Waals surface area contributed by atoms with E-state index in [0.29, 0.717) is 12.2 Å². The summed E-state index contributed by atoms with van der Waals surface area (Å²) in [5, 5.41) is 3.99. The third-order valence-corrected chi connectivity index (χ3v) is 3.42. The van der Waals surface area contributed by atoms with Crippen molar-refractivity contribution in [1.29, 1.82) is 0 Å². The van der Waals surface area contributed by atoms with Crippen LogP contribution in [-0.2, 0) is 11.8 Å². The minimum Gasteiger partial charge on any atom is -0.493 e. The first-order valence-corrected chi connectivity index (χ1v) is 6.56. The van der Waals surface area contributed by atoms with Gasteiger partial charge in [-0.3, -0.25) is 4.68 Å². The van der Waals surface area contributed by atoms with Crippen LogP contribution < -0.4 is 4.74 Å². The SMILES string of the molecule is CC1COc2ccccc2C1OC(=O)c1cnn(C)c1. The van der Waals surface area contributed by atoms with Gasteiger partial charge in [-0.15, -0.1) is 0 Å². The number of nitrogens with zero attached hydrogens (tertiary/aromatic N) is 2. The highest BCUT2D eigenvalue weighted by atomic mass is 16.6. The van der Waals surface area contributed by atoms with Crippen LogP contribution >= 0.6 is 0 Å². The highest BCUT2D eigenvalue weighted by molar-refractivity contribution is 5.89. The fraction of sp³-hybridized carbons (Fsp3) is 0.333. The molecule has 0 saturated heterocycles. The fourth-order valence-corrected chi connectivity index (χ4v) is 2.35. The van der Waals surface area contributed by atoms with Gasteiger partial charge in [0.05, 0.1) is 18.4 Å². The molecule has 0 radical (unpaired) electrons. The zero-order valence-corrected chi connectivity index (χ0v) is 11.4. The molecule has 0 N–H and O–H groups in total. The van der Waals surface area contributed by atoms with Gasteiger partial charge in [-0.25, -0.2) is 4.79 Å². The Morgan fingerprint density at radius 3 is 3.00 bits per heavy atom. The maximum absolute atomic E-state index is 12.2. The predicted molar refractivity (Wildman–Crippen MR) is 72.5 cm³/mol. The first-order chi connectivity index (χ1) is 9.65. The van der Waals surface area contributed by atoms with E-state index in [1.807, 2.05) is 31.2 Å². The molecule has 5 nitrogen and oxygen atoms in total. The zero-order chi connectivity index (χ0) is 14.1. The van der Waals surface area contributed by atoms with E-state index in [4.69, 9.17) is 9.47 Å². The van der Waals surface area contributed by atoms with Crippen LogP contribution in [0.4, 0.5) is 0 Å². The molecule has 0 amide bonds. The first kappa shape index (κ1) is 12.7. The summed E-state index contributed by atoms with van der Waals surface area (Å²) in [6, 6.07) is 7.66. The average molecular weight is 272 g/mol. The Morgan fingerprint density at radius 2 is 2.25 bits per heavy atom. The lowest BCUT2D eigenvalue weighted by Crippen LogP contribution is -2.27. The summed E-state index contributed by atoms with van der Waals surface area (Å²) in [4.78, 5) is 12.2. The van der Waals surface area contributed by atoms with E-state index >= 15 is 0 Å². The lowest BCUT2D eigenvalue weighted by Gasteiger charge is -2.30. The minimum atomic E-state index is -0.355. The number of carbonyl (C=O) groups is 1. The van der Waals surface area contributed by atoms with Gasteiger partial charge in [0.25, 0.3) is 0 Å². The van der Waals surface area contributed by atoms with Crippen LogP contribution in [0, 0.1) is 5.92 Å². The molecule has 2 unspecified atom stereocenters. The number of fused-ring (bicyclic) bond motifs is 1. The summed E-state index contributed by atoms with van der Waals surface area (Å²) in [6.45, 7) is 2.55. The van der Waals surface area contributed by atoms with Crippen molar-refractivity contribution in [2.24, 2.45) is 13.0 Å². The van der Waals surface area contributed by atoms with Crippen LogP contribution in [-0.4, -0.2) is 22.4 Å². The number of hydrogen-bond donors (Lipinski definition) is 0. The standard InChI is InChI=1S/C15H16N2O3/c1-10-9-19-13-6-4-3-5-12(13)14(10)20-15(18)11-7-16-17(2)8-11/h3-8,10,14H,9H2,1-2H3. The van der Waals surface area contributed by atoms with E-state index in [0.717, 1.165) is 11.3 Å². The van der Waals surface area contributed by atoms with Crippen LogP contribution in [0.2, 0.25) is 0 Å². The number of hydrogen-bond acceptors (Lipinski definition) is 4. The number of esters is 1. The van der Waals surface area contributed by atoms with E-state index in [1.165, 1.54) is 6.20 Å². The zero-order valence-electron chi connectivity index (χ0n) is 11.4. The molecular formula is C15H16N2O3. The van der Waals surface area contributed by atoms with Gasteiger partial charge < -0.3 is 9.47 Å². The highest BCUT2D eigenvalue weighted by Gasteiger charge is 2.31. The van der Waals surface area contributed by atoms with Gasteiger partial charge in [0.1, 0.15) is 11.9 Å². The summed E-state index contributed by atoms with van der Waals surface area (Å²) in [6.07, 6.45) is 2.88. The summed E-state index contributed by atoms with van der Waals surface area (Å²) in [5.41, 5.74) is 1.38. The fourth-order valence-electron chi connectivity index (χ4n) is 2.35. The van der Waals surface area contributed by atoms with Gasteiger partial charge in [-0.05, 0) is 6.07 Å². The molecule has 2 aromatic rings. The lowest BCUT2D eigenvalue weighted by atomic mass is 9.94. The molecule has 20 heavy (non-hydrogen) atoms. The number of aromatic nitrogens is 2. The van der Waals surface area contributed by atoms with Crippen molar-refractivity contribution in [3.63, 3.8) is 0 Å². The molecule has 0 bridgehead atoms. The molecule has 0 spiro atoms. The highest BCUT2D eigenvalue weighted by Crippen LogP contribution is 2.37.